The fourth-order valence-electron chi connectivity index (χ4n) is 3.50. The first-order valence-corrected chi connectivity index (χ1v) is 9.64. The second-order valence-corrected chi connectivity index (χ2v) is 7.69. The molecule has 1 aliphatic carbocycles. The summed E-state index contributed by atoms with van der Waals surface area (Å²) in [5, 5.41) is 3.42. The number of fused-ring (bicyclic) bond motifs is 1. The molecule has 1 saturated carbocycles. The van der Waals surface area contributed by atoms with Crippen LogP contribution in [0.15, 0.2) is 24.3 Å². The second kappa shape index (κ2) is 7.18. The zero-order valence-corrected chi connectivity index (χ0v) is 16.2. The summed E-state index contributed by atoms with van der Waals surface area (Å²) in [5.41, 5.74) is 3.07. The zero-order valence-electron chi connectivity index (χ0n) is 16.2. The molecular weight excluding hydrogens is 340 g/mol. The van der Waals surface area contributed by atoms with Crippen LogP contribution in [0.4, 0.5) is 11.6 Å². The van der Waals surface area contributed by atoms with Gasteiger partial charge in [0, 0.05) is 31.1 Å². The molecule has 2 aromatic rings. The maximum atomic E-state index is 11.8. The highest BCUT2D eigenvalue weighted by molar-refractivity contribution is 5.89. The third kappa shape index (κ3) is 3.89. The Balaban J connectivity index is 1.59. The lowest BCUT2D eigenvalue weighted by Gasteiger charge is -2.30. The number of benzene rings is 1. The number of hydrogen-bond acceptors (Lipinski definition) is 6. The van der Waals surface area contributed by atoms with Crippen molar-refractivity contribution in [3.8, 4) is 0 Å². The minimum Gasteiger partial charge on any atom is -0.465 e. The van der Waals surface area contributed by atoms with Crippen molar-refractivity contribution in [3.63, 3.8) is 0 Å². The molecule has 0 amide bonds. The zero-order chi connectivity index (χ0) is 19.0. The van der Waals surface area contributed by atoms with Gasteiger partial charge in [-0.2, -0.15) is 0 Å². The van der Waals surface area contributed by atoms with E-state index in [1.54, 1.807) is 0 Å². The summed E-state index contributed by atoms with van der Waals surface area (Å²) in [4.78, 5) is 23.6. The lowest BCUT2D eigenvalue weighted by molar-refractivity contribution is 0.0600. The standard InChI is InChI=1S/C21H26N4O2/c1-13(2)22-18-11-19(24-20(23-18)14-4-5-14)25-9-8-15-10-16(21(26)27-3)6-7-17(15)12-25/h6-7,10-11,13-14H,4-5,8-9,12H2,1-3H3,(H,22,23,24). The Labute approximate surface area is 160 Å². The minimum atomic E-state index is -0.283. The van der Waals surface area contributed by atoms with Crippen molar-refractivity contribution in [2.75, 3.05) is 23.9 Å². The number of ether oxygens (including phenoxy) is 1. The number of nitrogens with zero attached hydrogens (tertiary/aromatic N) is 3. The van der Waals surface area contributed by atoms with Gasteiger partial charge in [0.2, 0.25) is 0 Å². The van der Waals surface area contributed by atoms with Gasteiger partial charge in [0.25, 0.3) is 0 Å². The van der Waals surface area contributed by atoms with Gasteiger partial charge in [-0.05, 0) is 56.4 Å². The summed E-state index contributed by atoms with van der Waals surface area (Å²) in [5.74, 6) is 3.08. The highest BCUT2D eigenvalue weighted by Crippen LogP contribution is 2.39. The number of aromatic nitrogens is 2. The predicted molar refractivity (Wildman–Crippen MR) is 105 cm³/mol. The average Bonchev–Trinajstić information content (AvgIpc) is 3.51. The molecule has 6 heteroatoms. The molecule has 0 bridgehead atoms. The number of carbonyl (C=O) groups is 1. The van der Waals surface area contributed by atoms with E-state index in [2.05, 4.69) is 30.1 Å². The van der Waals surface area contributed by atoms with Gasteiger partial charge in [0.15, 0.2) is 0 Å². The highest BCUT2D eigenvalue weighted by atomic mass is 16.5. The average molecular weight is 366 g/mol. The van der Waals surface area contributed by atoms with E-state index in [1.807, 2.05) is 18.2 Å². The van der Waals surface area contributed by atoms with E-state index in [9.17, 15) is 4.79 Å². The normalized spacial score (nSPS) is 16.2. The molecule has 0 radical (unpaired) electrons. The molecule has 0 spiro atoms. The number of rotatable bonds is 5. The smallest absolute Gasteiger partial charge is 0.337 e. The van der Waals surface area contributed by atoms with Gasteiger partial charge in [-0.1, -0.05) is 6.07 Å². The van der Waals surface area contributed by atoms with Gasteiger partial charge in [-0.15, -0.1) is 0 Å². The van der Waals surface area contributed by atoms with E-state index in [1.165, 1.54) is 31.1 Å². The SMILES string of the molecule is COC(=O)c1ccc2c(c1)CCN(c1cc(NC(C)C)nc(C3CC3)n1)C2. The lowest BCUT2D eigenvalue weighted by atomic mass is 9.97. The number of methoxy groups -OCH3 is 1. The topological polar surface area (TPSA) is 67.3 Å². The molecule has 1 aromatic heterocycles. The minimum absolute atomic E-state index is 0.283. The van der Waals surface area contributed by atoms with Gasteiger partial charge < -0.3 is 15.0 Å². The molecule has 0 unspecified atom stereocenters. The van der Waals surface area contributed by atoms with E-state index in [0.717, 1.165) is 37.0 Å². The molecule has 2 heterocycles. The Morgan fingerprint density at radius 1 is 1.22 bits per heavy atom. The van der Waals surface area contributed by atoms with Crippen LogP contribution in [0.1, 0.15) is 59.9 Å². The Hall–Kier alpha value is -2.63. The van der Waals surface area contributed by atoms with E-state index in [4.69, 9.17) is 14.7 Å². The first kappa shape index (κ1) is 17.8. The van der Waals surface area contributed by atoms with Crippen molar-refractivity contribution in [2.24, 2.45) is 0 Å². The summed E-state index contributed by atoms with van der Waals surface area (Å²) in [7, 11) is 1.42. The quantitative estimate of drug-likeness (QED) is 0.817. The fourth-order valence-corrected chi connectivity index (χ4v) is 3.50. The molecule has 4 rings (SSSR count). The molecule has 0 saturated heterocycles. The molecule has 27 heavy (non-hydrogen) atoms. The summed E-state index contributed by atoms with van der Waals surface area (Å²) in [6.07, 6.45) is 3.25. The Morgan fingerprint density at radius 2 is 2.04 bits per heavy atom. The molecule has 0 atom stereocenters. The number of carbonyl (C=O) groups excluding carboxylic acids is 1. The van der Waals surface area contributed by atoms with Gasteiger partial charge in [0.1, 0.15) is 17.5 Å². The van der Waals surface area contributed by atoms with E-state index < -0.39 is 0 Å². The van der Waals surface area contributed by atoms with Gasteiger partial charge in [-0.3, -0.25) is 0 Å². The molecule has 1 fully saturated rings. The molecule has 1 aliphatic heterocycles. The van der Waals surface area contributed by atoms with Crippen LogP contribution >= 0.6 is 0 Å². The molecule has 1 aromatic carbocycles. The summed E-state index contributed by atoms with van der Waals surface area (Å²) in [6, 6.07) is 8.22. The first-order valence-electron chi connectivity index (χ1n) is 9.64. The van der Waals surface area contributed by atoms with Crippen molar-refractivity contribution >= 4 is 17.6 Å². The highest BCUT2D eigenvalue weighted by Gasteiger charge is 2.28. The molecular formula is C21H26N4O2. The third-order valence-corrected chi connectivity index (χ3v) is 5.07. The Bertz CT molecular complexity index is 861. The molecule has 2 aliphatic rings. The Kier molecular flexibility index (Phi) is 4.72. The number of hydrogen-bond donors (Lipinski definition) is 1. The first-order chi connectivity index (χ1) is 13.0. The number of anilines is 2. The second-order valence-electron chi connectivity index (χ2n) is 7.69. The maximum Gasteiger partial charge on any atom is 0.337 e. The van der Waals surface area contributed by atoms with E-state index in [0.29, 0.717) is 17.5 Å². The van der Waals surface area contributed by atoms with Crippen LogP contribution in [0.25, 0.3) is 0 Å². The molecule has 6 nitrogen and oxygen atoms in total. The van der Waals surface area contributed by atoms with Crippen LogP contribution in [-0.4, -0.2) is 35.6 Å². The predicted octanol–water partition coefficient (Wildman–Crippen LogP) is 3.52. The summed E-state index contributed by atoms with van der Waals surface area (Å²) < 4.78 is 4.83. The lowest BCUT2D eigenvalue weighted by Crippen LogP contribution is -2.31. The van der Waals surface area contributed by atoms with Crippen LogP contribution in [-0.2, 0) is 17.7 Å². The summed E-state index contributed by atoms with van der Waals surface area (Å²) >= 11 is 0. The largest absolute Gasteiger partial charge is 0.465 e. The van der Waals surface area contributed by atoms with Gasteiger partial charge in [-0.25, -0.2) is 14.8 Å². The number of nitrogens with one attached hydrogen (secondary N) is 1. The van der Waals surface area contributed by atoms with Crippen LogP contribution in [0.3, 0.4) is 0 Å². The van der Waals surface area contributed by atoms with E-state index >= 15 is 0 Å². The Morgan fingerprint density at radius 3 is 2.74 bits per heavy atom. The van der Waals surface area contributed by atoms with Crippen molar-refractivity contribution in [1.82, 2.24) is 9.97 Å². The van der Waals surface area contributed by atoms with Gasteiger partial charge in [0.05, 0.1) is 12.7 Å². The van der Waals surface area contributed by atoms with Crippen molar-refractivity contribution < 1.29 is 9.53 Å². The number of esters is 1. The van der Waals surface area contributed by atoms with Crippen molar-refractivity contribution in [3.05, 3.63) is 46.8 Å². The maximum absolute atomic E-state index is 11.8. The van der Waals surface area contributed by atoms with Crippen molar-refractivity contribution in [1.29, 1.82) is 0 Å². The van der Waals surface area contributed by atoms with Crippen LogP contribution in [0.5, 0.6) is 0 Å². The van der Waals surface area contributed by atoms with Gasteiger partial charge >= 0.3 is 5.97 Å². The molecule has 1 N–H and O–H groups in total. The molecule has 142 valence electrons. The van der Waals surface area contributed by atoms with Crippen LogP contribution in [0.2, 0.25) is 0 Å². The monoisotopic (exact) mass is 366 g/mol. The third-order valence-electron chi connectivity index (χ3n) is 5.07. The summed E-state index contributed by atoms with van der Waals surface area (Å²) in [6.45, 7) is 5.90. The van der Waals surface area contributed by atoms with E-state index in [-0.39, 0.29) is 5.97 Å². The van der Waals surface area contributed by atoms with Crippen LogP contribution in [0, 0.1) is 0 Å². The van der Waals surface area contributed by atoms with Crippen LogP contribution < -0.4 is 10.2 Å². The fraction of sp³-hybridized carbons (Fsp3) is 0.476. The van der Waals surface area contributed by atoms with Crippen molar-refractivity contribution in [2.45, 2.75) is 51.6 Å².